The number of hydrogen-bond acceptors (Lipinski definition) is 1. The van der Waals surface area contributed by atoms with E-state index in [1.54, 1.807) is 0 Å². The van der Waals surface area contributed by atoms with Crippen molar-refractivity contribution in [1.29, 1.82) is 0 Å². The molecule has 1 rings (SSSR count). The van der Waals surface area contributed by atoms with Crippen molar-refractivity contribution in [3.63, 3.8) is 0 Å². The van der Waals surface area contributed by atoms with Crippen LogP contribution in [0.15, 0.2) is 6.07 Å². The summed E-state index contributed by atoms with van der Waals surface area (Å²) in [4.78, 5) is 0. The van der Waals surface area contributed by atoms with Gasteiger partial charge in [-0.2, -0.15) is 0 Å². The van der Waals surface area contributed by atoms with Crippen molar-refractivity contribution in [2.75, 3.05) is 6.61 Å². The first kappa shape index (κ1) is 17.6. The highest BCUT2D eigenvalue weighted by Crippen LogP contribution is 2.35. The van der Waals surface area contributed by atoms with Gasteiger partial charge in [-0.3, -0.25) is 0 Å². The molecule has 116 valence electrons. The Bertz CT molecular complexity index is 531. The topological polar surface area (TPSA) is 9.23 Å². The van der Waals surface area contributed by atoms with E-state index < -0.39 is 0 Å². The normalized spacial score (nSPS) is 13.3. The summed E-state index contributed by atoms with van der Waals surface area (Å²) in [5.41, 5.74) is 5.39. The molecule has 2 unspecified atom stereocenters. The van der Waals surface area contributed by atoms with Gasteiger partial charge < -0.3 is 4.74 Å². The van der Waals surface area contributed by atoms with Crippen LogP contribution in [0, 0.1) is 38.5 Å². The van der Waals surface area contributed by atoms with E-state index in [9.17, 15) is 0 Å². The largest absolute Gasteiger partial charge is 0.493 e. The molecule has 0 saturated carbocycles. The summed E-state index contributed by atoms with van der Waals surface area (Å²) in [5.74, 6) is 8.45. The summed E-state index contributed by atoms with van der Waals surface area (Å²) < 4.78 is 5.88. The van der Waals surface area contributed by atoms with Crippen LogP contribution in [0.4, 0.5) is 0 Å². The number of hydrogen-bond donors (Lipinski definition) is 0. The molecule has 0 N–H and O–H groups in total. The van der Waals surface area contributed by atoms with Gasteiger partial charge >= 0.3 is 0 Å². The standard InChI is InChI=1S/C20H30O/c1-8-10-11-14(3)16(5)20-15(4)13-19(21-12-9-2)17(6)18(20)7/h13-14,16H,8-9,12H2,1-7H3. The van der Waals surface area contributed by atoms with E-state index in [0.29, 0.717) is 11.8 Å². The average molecular weight is 286 g/mol. The predicted octanol–water partition coefficient (Wildman–Crippen LogP) is 5.55. The Kier molecular flexibility index (Phi) is 6.82. The van der Waals surface area contributed by atoms with Crippen LogP contribution < -0.4 is 4.74 Å². The molecule has 1 aromatic carbocycles. The van der Waals surface area contributed by atoms with Crippen LogP contribution in [0.25, 0.3) is 0 Å². The van der Waals surface area contributed by atoms with Gasteiger partial charge in [0, 0.05) is 12.3 Å². The first-order valence-electron chi connectivity index (χ1n) is 8.15. The van der Waals surface area contributed by atoms with Gasteiger partial charge in [-0.15, -0.1) is 5.92 Å². The second-order valence-electron chi connectivity index (χ2n) is 5.96. The SMILES string of the molecule is CCC#CC(C)C(C)c1c(C)cc(OCCC)c(C)c1C. The molecule has 1 aromatic rings. The van der Waals surface area contributed by atoms with Crippen molar-refractivity contribution in [2.24, 2.45) is 5.92 Å². The lowest BCUT2D eigenvalue weighted by molar-refractivity contribution is 0.314. The minimum Gasteiger partial charge on any atom is -0.493 e. The number of benzene rings is 1. The number of ether oxygens (including phenoxy) is 1. The fourth-order valence-electron chi connectivity index (χ4n) is 2.77. The van der Waals surface area contributed by atoms with Crippen LogP contribution in [0.3, 0.4) is 0 Å². The van der Waals surface area contributed by atoms with Crippen LogP contribution in [0.1, 0.15) is 68.7 Å². The molecule has 1 nitrogen and oxygen atoms in total. The van der Waals surface area contributed by atoms with Crippen LogP contribution in [0.5, 0.6) is 5.75 Å². The molecule has 0 aliphatic carbocycles. The van der Waals surface area contributed by atoms with Gasteiger partial charge in [0.2, 0.25) is 0 Å². The summed E-state index contributed by atoms with van der Waals surface area (Å²) in [6, 6.07) is 2.20. The van der Waals surface area contributed by atoms with E-state index in [2.05, 4.69) is 66.4 Å². The maximum absolute atomic E-state index is 5.88. The molecule has 21 heavy (non-hydrogen) atoms. The van der Waals surface area contributed by atoms with Gasteiger partial charge in [0.25, 0.3) is 0 Å². The molecule has 0 aliphatic rings. The van der Waals surface area contributed by atoms with Gasteiger partial charge in [-0.05, 0) is 61.4 Å². The van der Waals surface area contributed by atoms with Crippen LogP contribution in [-0.4, -0.2) is 6.61 Å². The smallest absolute Gasteiger partial charge is 0.122 e. The van der Waals surface area contributed by atoms with Crippen molar-refractivity contribution < 1.29 is 4.74 Å². The van der Waals surface area contributed by atoms with Crippen molar-refractivity contribution in [3.05, 3.63) is 28.3 Å². The maximum atomic E-state index is 5.88. The summed E-state index contributed by atoms with van der Waals surface area (Å²) in [6.45, 7) is 16.1. The third-order valence-corrected chi connectivity index (χ3v) is 4.28. The molecule has 0 heterocycles. The Morgan fingerprint density at radius 3 is 2.33 bits per heavy atom. The minimum atomic E-state index is 0.379. The average Bonchev–Trinajstić information content (AvgIpc) is 2.46. The van der Waals surface area contributed by atoms with Crippen LogP contribution >= 0.6 is 0 Å². The highest BCUT2D eigenvalue weighted by atomic mass is 16.5. The van der Waals surface area contributed by atoms with Crippen molar-refractivity contribution in [2.45, 2.75) is 67.2 Å². The summed E-state index contributed by atoms with van der Waals surface area (Å²) in [5, 5.41) is 0. The molecular formula is C20H30O. The lowest BCUT2D eigenvalue weighted by atomic mass is 9.82. The van der Waals surface area contributed by atoms with Gasteiger partial charge in [0.15, 0.2) is 0 Å². The molecule has 1 heteroatoms. The highest BCUT2D eigenvalue weighted by molar-refractivity contribution is 5.50. The van der Waals surface area contributed by atoms with E-state index in [0.717, 1.165) is 25.2 Å². The Morgan fingerprint density at radius 2 is 1.76 bits per heavy atom. The van der Waals surface area contributed by atoms with Gasteiger partial charge in [-0.1, -0.05) is 33.6 Å². The van der Waals surface area contributed by atoms with Crippen molar-refractivity contribution in [3.8, 4) is 17.6 Å². The molecule has 0 amide bonds. The summed E-state index contributed by atoms with van der Waals surface area (Å²) in [6.07, 6.45) is 1.97. The van der Waals surface area contributed by atoms with Crippen LogP contribution in [0.2, 0.25) is 0 Å². The lowest BCUT2D eigenvalue weighted by Crippen LogP contribution is -2.10. The third-order valence-electron chi connectivity index (χ3n) is 4.28. The van der Waals surface area contributed by atoms with E-state index >= 15 is 0 Å². The zero-order chi connectivity index (χ0) is 16.0. The summed E-state index contributed by atoms with van der Waals surface area (Å²) in [7, 11) is 0. The number of rotatable bonds is 5. The maximum Gasteiger partial charge on any atom is 0.122 e. The fraction of sp³-hybridized carbons (Fsp3) is 0.600. The Morgan fingerprint density at radius 1 is 1.10 bits per heavy atom. The van der Waals surface area contributed by atoms with E-state index in [4.69, 9.17) is 4.74 Å². The second kappa shape index (κ2) is 8.13. The van der Waals surface area contributed by atoms with Gasteiger partial charge in [0.05, 0.1) is 6.61 Å². The second-order valence-corrected chi connectivity index (χ2v) is 5.96. The summed E-state index contributed by atoms with van der Waals surface area (Å²) >= 11 is 0. The lowest BCUT2D eigenvalue weighted by Gasteiger charge is -2.23. The number of aryl methyl sites for hydroxylation is 1. The molecule has 0 aromatic heterocycles. The van der Waals surface area contributed by atoms with Gasteiger partial charge in [-0.25, -0.2) is 0 Å². The Hall–Kier alpha value is -1.42. The molecule has 0 fully saturated rings. The first-order valence-corrected chi connectivity index (χ1v) is 8.15. The van der Waals surface area contributed by atoms with Gasteiger partial charge in [0.1, 0.15) is 5.75 Å². The zero-order valence-electron chi connectivity index (χ0n) is 14.8. The zero-order valence-corrected chi connectivity index (χ0v) is 14.8. The van der Waals surface area contributed by atoms with E-state index in [-0.39, 0.29) is 0 Å². The third kappa shape index (κ3) is 4.27. The minimum absolute atomic E-state index is 0.379. The molecule has 0 radical (unpaired) electrons. The van der Waals surface area contributed by atoms with E-state index in [1.807, 2.05) is 0 Å². The Balaban J connectivity index is 3.16. The fourth-order valence-corrected chi connectivity index (χ4v) is 2.77. The molecule has 0 bridgehead atoms. The highest BCUT2D eigenvalue weighted by Gasteiger charge is 2.19. The van der Waals surface area contributed by atoms with Crippen molar-refractivity contribution >= 4 is 0 Å². The molecule has 0 saturated heterocycles. The molecule has 2 atom stereocenters. The first-order chi connectivity index (χ1) is 9.93. The quantitative estimate of drug-likeness (QED) is 0.644. The Labute approximate surface area is 131 Å². The van der Waals surface area contributed by atoms with E-state index in [1.165, 1.54) is 22.3 Å². The monoisotopic (exact) mass is 286 g/mol. The predicted molar refractivity (Wildman–Crippen MR) is 92.1 cm³/mol. The van der Waals surface area contributed by atoms with Crippen LogP contribution in [-0.2, 0) is 0 Å². The molecule has 0 aliphatic heterocycles. The molecule has 0 spiro atoms. The molecular weight excluding hydrogens is 256 g/mol. The van der Waals surface area contributed by atoms with Crippen molar-refractivity contribution in [1.82, 2.24) is 0 Å².